The van der Waals surface area contributed by atoms with E-state index in [-0.39, 0.29) is 43.2 Å². The molecule has 2 unspecified atom stereocenters. The number of hydrogen-bond acceptors (Lipinski definition) is 16. The predicted octanol–water partition coefficient (Wildman–Crippen LogP) is 3.49. The van der Waals surface area contributed by atoms with Gasteiger partial charge in [-0.1, -0.05) is 78.6 Å². The minimum Gasteiger partial charge on any atom is -0.495 e. The number of anilines is 2. The number of nitrogens with two attached hydrogens (primary N) is 3. The molecule has 4 fully saturated rings. The number of urea groups is 1. The van der Waals surface area contributed by atoms with Crippen molar-refractivity contribution in [2.45, 2.75) is 87.6 Å². The number of benzene rings is 4. The third-order valence-corrected chi connectivity index (χ3v) is 18.4. The van der Waals surface area contributed by atoms with Crippen molar-refractivity contribution in [2.24, 2.45) is 36.1 Å². The van der Waals surface area contributed by atoms with Gasteiger partial charge in [-0.2, -0.15) is 0 Å². The number of nitrogens with one attached hydrogen (secondary N) is 4. The summed E-state index contributed by atoms with van der Waals surface area (Å²) in [5, 5.41) is 21.8. The van der Waals surface area contributed by atoms with Gasteiger partial charge in [0.25, 0.3) is 5.56 Å². The van der Waals surface area contributed by atoms with Crippen LogP contribution in [-0.2, 0) is 47.8 Å². The molecule has 0 radical (unpaired) electrons. The molecule has 4 aromatic carbocycles. The molecule has 11 N–H and O–H groups in total. The van der Waals surface area contributed by atoms with Gasteiger partial charge in [0.2, 0.25) is 35.5 Å². The lowest BCUT2D eigenvalue weighted by Gasteiger charge is -2.45. The maximum absolute atomic E-state index is 14.0. The van der Waals surface area contributed by atoms with Crippen molar-refractivity contribution < 1.29 is 43.3 Å². The number of H-pyrrole nitrogens is 1. The first-order valence-corrected chi connectivity index (χ1v) is 31.2. The molecule has 11 rings (SSSR count). The summed E-state index contributed by atoms with van der Waals surface area (Å²) in [7, 11) is 3.22. The number of aliphatic hydroxyl groups excluding tert-OH is 1. The molecule has 3 aromatic heterocycles. The Labute approximate surface area is 532 Å². The molecule has 7 aromatic rings. The van der Waals surface area contributed by atoms with Gasteiger partial charge in [0, 0.05) is 92.1 Å². The van der Waals surface area contributed by atoms with Crippen molar-refractivity contribution in [2.75, 3.05) is 76.0 Å². The Bertz CT molecular complexity index is 4040. The number of pyridine rings is 1. The van der Waals surface area contributed by atoms with Gasteiger partial charge in [-0.05, 0) is 105 Å². The second-order valence-electron chi connectivity index (χ2n) is 24.5. The average molecular weight is 1250 g/mol. The van der Waals surface area contributed by atoms with E-state index in [1.54, 1.807) is 66.3 Å². The summed E-state index contributed by atoms with van der Waals surface area (Å²) in [4.78, 5) is 112. The van der Waals surface area contributed by atoms with Gasteiger partial charge in [0.05, 0.1) is 67.7 Å². The normalized spacial score (nSPS) is 17.9. The fourth-order valence-corrected chi connectivity index (χ4v) is 12.9. The molecule has 1 aliphatic carbocycles. The van der Waals surface area contributed by atoms with Crippen molar-refractivity contribution in [1.29, 1.82) is 0 Å². The summed E-state index contributed by atoms with van der Waals surface area (Å²) in [6.07, 6.45) is 8.96. The number of aromatic nitrogens is 4. The maximum atomic E-state index is 14.0. The Morgan fingerprint density at radius 2 is 1.59 bits per heavy atom. The largest absolute Gasteiger partial charge is 0.495 e. The molecule has 1 saturated carbocycles. The van der Waals surface area contributed by atoms with Crippen LogP contribution in [0.1, 0.15) is 74.3 Å². The lowest BCUT2D eigenvalue weighted by Crippen LogP contribution is -2.57. The highest BCUT2D eigenvalue weighted by molar-refractivity contribution is 6.07. The van der Waals surface area contributed by atoms with E-state index >= 15 is 0 Å². The van der Waals surface area contributed by atoms with Gasteiger partial charge in [-0.15, -0.1) is 0 Å². The van der Waals surface area contributed by atoms with E-state index in [1.807, 2.05) is 54.7 Å². The Morgan fingerprint density at radius 1 is 0.859 bits per heavy atom. The Kier molecular flexibility index (Phi) is 19.2. The number of carbonyl (C=O) groups is 6. The van der Waals surface area contributed by atoms with Crippen LogP contribution in [0.2, 0.25) is 0 Å². The number of carbonyl (C=O) groups excluding carboxylic acids is 6. The van der Waals surface area contributed by atoms with Crippen LogP contribution in [0.5, 0.6) is 5.75 Å². The van der Waals surface area contributed by atoms with Gasteiger partial charge in [-0.25, -0.2) is 19.7 Å². The van der Waals surface area contributed by atoms with E-state index in [2.05, 4.69) is 55.6 Å². The number of aliphatic hydroxyl groups is 1. The molecule has 0 bridgehead atoms. The van der Waals surface area contributed by atoms with Gasteiger partial charge < -0.3 is 67.1 Å². The first-order valence-electron chi connectivity index (χ1n) is 31.2. The maximum Gasteiger partial charge on any atom is 0.332 e. The zero-order valence-electron chi connectivity index (χ0n) is 51.9. The van der Waals surface area contributed by atoms with Gasteiger partial charge in [-0.3, -0.25) is 33.7 Å². The van der Waals surface area contributed by atoms with E-state index in [0.717, 1.165) is 103 Å². The first-order chi connectivity index (χ1) is 44.4. The summed E-state index contributed by atoms with van der Waals surface area (Å²) in [5.41, 5.74) is 21.5. The Morgan fingerprint density at radius 3 is 2.27 bits per heavy atom. The number of imide groups is 1. The van der Waals surface area contributed by atoms with Gasteiger partial charge in [0.1, 0.15) is 17.9 Å². The van der Waals surface area contributed by atoms with E-state index in [1.165, 1.54) is 12.0 Å². The standard InChI is InChI=1S/C68H78N14O10/c1-67(75-28-10-13-43-16-21-54(91-3)53(36-43)81-32-25-56(85)82(66(81)90)41-74-55(84)38-73-63(88)50(35-42-11-6-4-7-12-42)57(61(70)86)58(69)62(71)87)26-33-79(34-27-67)46-23-30-80(31-24-46)65-76-52-20-17-44(51-39-78(2)64(89)59-48(51)22-29-72-59)37-49(52)60(77-65)68(40-83,92-47-18-19-47)45-14-8-5-9-15-45/h4-9,11-12,14-17,20-22,29,36-37,39,46-47,50,57-58,72,75,83H,18-19,23-28,30-35,38,40-41,69H2,1-3H3,(H2,70,86)(H2,71,87)(H,73,88)(H,74,84)/t50-,57?,58?,68-/m0/s1. The molecule has 24 nitrogen and oxygen atoms in total. The van der Waals surface area contributed by atoms with Crippen LogP contribution in [-0.4, -0.2) is 160 Å². The smallest absolute Gasteiger partial charge is 0.332 e. The molecule has 0 spiro atoms. The summed E-state index contributed by atoms with van der Waals surface area (Å²) in [6.45, 7) is 4.54. The monoisotopic (exact) mass is 1250 g/mol. The zero-order valence-corrected chi connectivity index (χ0v) is 51.9. The van der Waals surface area contributed by atoms with Crippen LogP contribution in [0.4, 0.5) is 16.4 Å². The van der Waals surface area contributed by atoms with Crippen LogP contribution in [0.15, 0.2) is 120 Å². The third-order valence-electron chi connectivity index (χ3n) is 18.4. The molecule has 480 valence electrons. The minimum atomic E-state index is -1.58. The zero-order chi connectivity index (χ0) is 64.8. The van der Waals surface area contributed by atoms with Crippen LogP contribution in [0.3, 0.4) is 0 Å². The highest BCUT2D eigenvalue weighted by atomic mass is 16.5. The van der Waals surface area contributed by atoms with Crippen molar-refractivity contribution in [3.05, 3.63) is 148 Å². The number of aryl methyl sites for hydroxylation is 1. The third kappa shape index (κ3) is 13.7. The van der Waals surface area contributed by atoms with E-state index in [4.69, 9.17) is 36.6 Å². The van der Waals surface area contributed by atoms with Gasteiger partial charge >= 0.3 is 6.03 Å². The summed E-state index contributed by atoms with van der Waals surface area (Å²) >= 11 is 0. The fourth-order valence-electron chi connectivity index (χ4n) is 12.9. The number of hydrogen-bond donors (Lipinski definition) is 8. The van der Waals surface area contributed by atoms with Crippen molar-refractivity contribution in [3.8, 4) is 28.7 Å². The molecule has 3 aliphatic heterocycles. The Balaban J connectivity index is 0.699. The lowest BCUT2D eigenvalue weighted by atomic mass is 9.80. The summed E-state index contributed by atoms with van der Waals surface area (Å²) < 4.78 is 14.2. The number of primary amides is 2. The molecule has 3 saturated heterocycles. The number of rotatable bonds is 23. The SMILES string of the molecule is COc1ccc(C#CCNC2(C)CCN(C3CCN(c4nc([C@@](CO)(OC5CC5)c5ccccc5)c5cc(-c6cn(C)c(=O)c7[nH]ccc67)ccc5n4)CC3)CC2)cc1N1CCC(=O)N(CNC(=O)CNC(=O)[C@@H](Cc2ccccc2)C(C(N)=O)C(N)C(N)=O)C1=O. The quantitative estimate of drug-likeness (QED) is 0.0425. The van der Waals surface area contributed by atoms with Crippen LogP contribution < -0.4 is 53.2 Å². The number of nitrogens with zero attached hydrogens (tertiary/aromatic N) is 7. The van der Waals surface area contributed by atoms with Crippen molar-refractivity contribution >= 4 is 69.0 Å². The average Bonchev–Trinajstić information content (AvgIpc) is 1.19. The lowest BCUT2D eigenvalue weighted by molar-refractivity contribution is -0.137. The molecular weight excluding hydrogens is 1170 g/mol. The van der Waals surface area contributed by atoms with Crippen LogP contribution in [0, 0.1) is 23.7 Å². The molecule has 6 heterocycles. The molecule has 7 amide bonds. The number of likely N-dealkylation sites (tertiary alicyclic amines) is 1. The second kappa shape index (κ2) is 27.5. The molecule has 92 heavy (non-hydrogen) atoms. The number of aromatic amines is 1. The highest BCUT2D eigenvalue weighted by Crippen LogP contribution is 2.44. The van der Waals surface area contributed by atoms with Crippen molar-refractivity contribution in [1.82, 2.24) is 45.3 Å². The topological polar surface area (TPSA) is 332 Å². The fraction of sp³-hybridized carbons (Fsp3) is 0.397. The molecule has 24 heteroatoms. The number of piperidine rings is 2. The first kappa shape index (κ1) is 64.0. The number of fused-ring (bicyclic) bond motifs is 2. The predicted molar refractivity (Wildman–Crippen MR) is 347 cm³/mol. The van der Waals surface area contributed by atoms with Crippen molar-refractivity contribution in [3.63, 3.8) is 0 Å². The van der Waals surface area contributed by atoms with Gasteiger partial charge in [0.15, 0.2) is 5.60 Å². The molecule has 4 atom stereocenters. The minimum absolute atomic E-state index is 0.0254. The van der Waals surface area contributed by atoms with E-state index in [9.17, 15) is 38.7 Å². The van der Waals surface area contributed by atoms with Crippen LogP contribution in [0.25, 0.3) is 32.9 Å². The second-order valence-corrected chi connectivity index (χ2v) is 24.5. The summed E-state index contributed by atoms with van der Waals surface area (Å²) in [6, 6.07) is 29.8. The Hall–Kier alpha value is -9.51. The molecule has 4 aliphatic rings. The van der Waals surface area contributed by atoms with Crippen LogP contribution >= 0.6 is 0 Å². The van der Waals surface area contributed by atoms with E-state index < -0.39 is 72.3 Å². The van der Waals surface area contributed by atoms with E-state index in [0.29, 0.717) is 52.3 Å². The number of methoxy groups -OCH3 is 1. The highest BCUT2D eigenvalue weighted by Gasteiger charge is 2.45. The summed E-state index contributed by atoms with van der Waals surface area (Å²) in [5.74, 6) is 0.558. The number of amides is 7. The number of ether oxygens (including phenoxy) is 2. The molecular formula is C68H78N14O10.